The van der Waals surface area contributed by atoms with Crippen LogP contribution in [-0.2, 0) is 11.2 Å². The predicted octanol–water partition coefficient (Wildman–Crippen LogP) is 2.92. The molecule has 0 aliphatic heterocycles. The number of aliphatic carboxylic acids is 1. The smallest absolute Gasteiger partial charge is 0.303 e. The number of H-pyrrole nitrogens is 2. The van der Waals surface area contributed by atoms with Crippen LogP contribution >= 0.6 is 0 Å². The van der Waals surface area contributed by atoms with Crippen LogP contribution in [0.25, 0.3) is 33.1 Å². The summed E-state index contributed by atoms with van der Waals surface area (Å²) >= 11 is 0. The van der Waals surface area contributed by atoms with Gasteiger partial charge in [0, 0.05) is 47.2 Å². The van der Waals surface area contributed by atoms with Gasteiger partial charge in [0.05, 0.1) is 5.69 Å². The van der Waals surface area contributed by atoms with Gasteiger partial charge in [-0.25, -0.2) is 9.97 Å². The lowest BCUT2D eigenvalue weighted by atomic mass is 10.0. The largest absolute Gasteiger partial charge is 0.481 e. The molecule has 8 nitrogen and oxygen atoms in total. The van der Waals surface area contributed by atoms with Crippen molar-refractivity contribution in [1.82, 2.24) is 19.9 Å². The number of carbonyl (C=O) groups is 1. The Kier molecular flexibility index (Phi) is 4.52. The summed E-state index contributed by atoms with van der Waals surface area (Å²) in [6.45, 7) is 2.70. The Bertz CT molecular complexity index is 1240. The number of pyridine rings is 1. The Labute approximate surface area is 159 Å². The van der Waals surface area contributed by atoms with E-state index in [1.807, 2.05) is 31.2 Å². The fraction of sp³-hybridized carbons (Fsp3) is 0.200. The number of benzene rings is 1. The van der Waals surface area contributed by atoms with E-state index in [1.54, 1.807) is 12.4 Å². The summed E-state index contributed by atoms with van der Waals surface area (Å²) in [5, 5.41) is 13.7. The molecule has 8 heteroatoms. The first-order chi connectivity index (χ1) is 13.6. The number of anilines is 1. The number of aryl methyl sites for hydroxylation is 1. The van der Waals surface area contributed by atoms with Crippen molar-refractivity contribution >= 4 is 33.7 Å². The molecule has 0 unspecified atom stereocenters. The van der Waals surface area contributed by atoms with Crippen LogP contribution in [0.2, 0.25) is 0 Å². The van der Waals surface area contributed by atoms with Crippen LogP contribution in [0.1, 0.15) is 18.9 Å². The SMILES string of the molecule is CCNc1nccc(-c2ccc3[nH]c(=O)c4[nH]cc(CCC(=O)O)c4c3c2)n1. The van der Waals surface area contributed by atoms with Gasteiger partial charge in [-0.2, -0.15) is 0 Å². The summed E-state index contributed by atoms with van der Waals surface area (Å²) in [5.74, 6) is -0.323. The van der Waals surface area contributed by atoms with Crippen LogP contribution in [0.3, 0.4) is 0 Å². The molecule has 0 radical (unpaired) electrons. The lowest BCUT2D eigenvalue weighted by molar-refractivity contribution is -0.136. The van der Waals surface area contributed by atoms with Gasteiger partial charge in [0.1, 0.15) is 5.52 Å². The van der Waals surface area contributed by atoms with Gasteiger partial charge in [-0.3, -0.25) is 9.59 Å². The summed E-state index contributed by atoms with van der Waals surface area (Å²) in [7, 11) is 0. The second kappa shape index (κ2) is 7.15. The molecular weight excluding hydrogens is 358 g/mol. The predicted molar refractivity (Wildman–Crippen MR) is 108 cm³/mol. The van der Waals surface area contributed by atoms with E-state index < -0.39 is 5.97 Å². The van der Waals surface area contributed by atoms with E-state index in [-0.39, 0.29) is 12.0 Å². The van der Waals surface area contributed by atoms with Gasteiger partial charge in [0.2, 0.25) is 5.95 Å². The number of aromatic amines is 2. The number of hydrogen-bond acceptors (Lipinski definition) is 5. The molecule has 0 saturated heterocycles. The number of rotatable bonds is 6. The molecule has 0 spiro atoms. The van der Waals surface area contributed by atoms with E-state index in [4.69, 9.17) is 5.11 Å². The maximum absolute atomic E-state index is 12.4. The molecule has 1 aromatic carbocycles. The summed E-state index contributed by atoms with van der Waals surface area (Å²) in [6.07, 6.45) is 3.75. The zero-order valence-corrected chi connectivity index (χ0v) is 15.2. The van der Waals surface area contributed by atoms with Crippen molar-refractivity contribution in [2.45, 2.75) is 19.8 Å². The number of nitrogens with one attached hydrogen (secondary N) is 3. The molecule has 3 heterocycles. The number of fused-ring (bicyclic) bond motifs is 3. The van der Waals surface area contributed by atoms with Crippen molar-refractivity contribution < 1.29 is 9.90 Å². The van der Waals surface area contributed by atoms with E-state index in [0.29, 0.717) is 23.4 Å². The van der Waals surface area contributed by atoms with Crippen molar-refractivity contribution in [1.29, 1.82) is 0 Å². The molecule has 0 aliphatic rings. The summed E-state index contributed by atoms with van der Waals surface area (Å²) in [5.41, 5.74) is 3.36. The molecule has 0 aliphatic carbocycles. The first kappa shape index (κ1) is 17.7. The number of carboxylic acids is 1. The molecule has 4 N–H and O–H groups in total. The third kappa shape index (κ3) is 3.20. The third-order valence-electron chi connectivity index (χ3n) is 4.62. The normalized spacial score (nSPS) is 11.2. The van der Waals surface area contributed by atoms with Gasteiger partial charge in [-0.15, -0.1) is 0 Å². The third-order valence-corrected chi connectivity index (χ3v) is 4.62. The van der Waals surface area contributed by atoms with Crippen molar-refractivity contribution in [2.24, 2.45) is 0 Å². The number of carboxylic acid groups (broad SMARTS) is 1. The quantitative estimate of drug-likeness (QED) is 0.410. The minimum Gasteiger partial charge on any atom is -0.481 e. The molecule has 4 aromatic rings. The molecule has 3 aromatic heterocycles. The van der Waals surface area contributed by atoms with E-state index in [1.165, 1.54) is 0 Å². The standard InChI is InChI=1S/C20H19N5O3/c1-2-21-20-22-8-7-14(25-20)11-3-5-15-13(9-11)17-12(4-6-16(26)27)10-23-18(17)19(28)24-15/h3,5,7-10,23H,2,4,6H2,1H3,(H,24,28)(H,26,27)(H,21,22,25). The average molecular weight is 377 g/mol. The van der Waals surface area contributed by atoms with Crippen molar-refractivity contribution in [3.8, 4) is 11.3 Å². The Morgan fingerprint density at radius 3 is 2.93 bits per heavy atom. The fourth-order valence-corrected chi connectivity index (χ4v) is 3.36. The van der Waals surface area contributed by atoms with Crippen LogP contribution in [0.4, 0.5) is 5.95 Å². The Morgan fingerprint density at radius 1 is 1.29 bits per heavy atom. The van der Waals surface area contributed by atoms with E-state index in [0.717, 1.165) is 34.1 Å². The van der Waals surface area contributed by atoms with Crippen LogP contribution in [0.15, 0.2) is 41.5 Å². The molecule has 142 valence electrons. The second-order valence-electron chi connectivity index (χ2n) is 6.47. The minimum absolute atomic E-state index is 0.00110. The van der Waals surface area contributed by atoms with Crippen molar-refractivity contribution in [2.75, 3.05) is 11.9 Å². The highest BCUT2D eigenvalue weighted by Gasteiger charge is 2.14. The lowest BCUT2D eigenvalue weighted by Crippen LogP contribution is -2.06. The van der Waals surface area contributed by atoms with Crippen molar-refractivity contribution in [3.05, 3.63) is 52.6 Å². The second-order valence-corrected chi connectivity index (χ2v) is 6.47. The van der Waals surface area contributed by atoms with Gasteiger partial charge in [-0.1, -0.05) is 6.07 Å². The number of nitrogens with zero attached hydrogens (tertiary/aromatic N) is 2. The van der Waals surface area contributed by atoms with E-state index in [9.17, 15) is 9.59 Å². The fourth-order valence-electron chi connectivity index (χ4n) is 3.36. The highest BCUT2D eigenvalue weighted by Crippen LogP contribution is 2.29. The zero-order chi connectivity index (χ0) is 19.7. The monoisotopic (exact) mass is 377 g/mol. The Balaban J connectivity index is 1.90. The first-order valence-corrected chi connectivity index (χ1v) is 9.02. The zero-order valence-electron chi connectivity index (χ0n) is 15.2. The summed E-state index contributed by atoms with van der Waals surface area (Å²) in [4.78, 5) is 38.0. The van der Waals surface area contributed by atoms with Gasteiger partial charge >= 0.3 is 5.97 Å². The molecule has 0 atom stereocenters. The van der Waals surface area contributed by atoms with Crippen molar-refractivity contribution in [3.63, 3.8) is 0 Å². The van der Waals surface area contributed by atoms with Crippen LogP contribution in [-0.4, -0.2) is 37.6 Å². The summed E-state index contributed by atoms with van der Waals surface area (Å²) in [6, 6.07) is 7.53. The summed E-state index contributed by atoms with van der Waals surface area (Å²) < 4.78 is 0. The average Bonchev–Trinajstić information content (AvgIpc) is 3.12. The lowest BCUT2D eigenvalue weighted by Gasteiger charge is -2.08. The maximum atomic E-state index is 12.4. The number of aromatic nitrogens is 4. The molecular formula is C20H19N5O3. The minimum atomic E-state index is -0.874. The van der Waals surface area contributed by atoms with Gasteiger partial charge in [0.25, 0.3) is 5.56 Å². The maximum Gasteiger partial charge on any atom is 0.303 e. The highest BCUT2D eigenvalue weighted by atomic mass is 16.4. The van der Waals surface area contributed by atoms with Gasteiger partial charge in [0.15, 0.2) is 0 Å². The van der Waals surface area contributed by atoms with Crippen LogP contribution in [0, 0.1) is 0 Å². The van der Waals surface area contributed by atoms with E-state index in [2.05, 4.69) is 25.3 Å². The molecule has 0 saturated carbocycles. The van der Waals surface area contributed by atoms with Gasteiger partial charge in [-0.05, 0) is 37.1 Å². The van der Waals surface area contributed by atoms with E-state index >= 15 is 0 Å². The topological polar surface area (TPSA) is 124 Å². The highest BCUT2D eigenvalue weighted by molar-refractivity contribution is 6.07. The molecule has 0 amide bonds. The molecule has 0 bridgehead atoms. The Morgan fingerprint density at radius 2 is 2.14 bits per heavy atom. The number of hydrogen-bond donors (Lipinski definition) is 4. The first-order valence-electron chi connectivity index (χ1n) is 9.02. The Hall–Kier alpha value is -3.68. The molecule has 28 heavy (non-hydrogen) atoms. The molecule has 0 fully saturated rings. The van der Waals surface area contributed by atoms with Gasteiger partial charge < -0.3 is 20.4 Å². The molecule has 4 rings (SSSR count). The van der Waals surface area contributed by atoms with Crippen LogP contribution < -0.4 is 10.9 Å². The van der Waals surface area contributed by atoms with Crippen LogP contribution in [0.5, 0.6) is 0 Å².